The molecule has 0 saturated heterocycles. The average molecular weight is 253 g/mol. The zero-order valence-electron chi connectivity index (χ0n) is 11.6. The molecule has 1 aromatic rings. The van der Waals surface area contributed by atoms with E-state index in [1.165, 1.54) is 7.11 Å². The van der Waals surface area contributed by atoms with Crippen LogP contribution in [0.25, 0.3) is 0 Å². The van der Waals surface area contributed by atoms with Crippen molar-refractivity contribution in [3.8, 4) is 0 Å². The fourth-order valence-corrected chi connectivity index (χ4v) is 1.86. The van der Waals surface area contributed by atoms with Crippen LogP contribution in [0.15, 0.2) is 12.3 Å². The lowest BCUT2D eigenvalue weighted by Crippen LogP contribution is -2.41. The summed E-state index contributed by atoms with van der Waals surface area (Å²) in [6, 6.07) is 1.69. The van der Waals surface area contributed by atoms with E-state index in [-0.39, 0.29) is 17.9 Å². The van der Waals surface area contributed by atoms with Gasteiger partial charge in [0.1, 0.15) is 6.04 Å². The second-order valence-electron chi connectivity index (χ2n) is 4.67. The molecule has 0 fully saturated rings. The van der Waals surface area contributed by atoms with Crippen LogP contribution >= 0.6 is 0 Å². The summed E-state index contributed by atoms with van der Waals surface area (Å²) in [6.45, 7) is 7.63. The Labute approximate surface area is 109 Å². The van der Waals surface area contributed by atoms with Gasteiger partial charge >= 0.3 is 5.97 Å². The van der Waals surface area contributed by atoms with Crippen molar-refractivity contribution >= 4 is 5.97 Å². The summed E-state index contributed by atoms with van der Waals surface area (Å²) in [5, 5.41) is 7.49. The molecule has 5 heteroatoms. The first-order chi connectivity index (χ1) is 8.60. The molecule has 1 N–H and O–H groups in total. The van der Waals surface area contributed by atoms with Crippen LogP contribution in [-0.2, 0) is 22.6 Å². The van der Waals surface area contributed by atoms with Crippen LogP contribution in [0.1, 0.15) is 32.9 Å². The van der Waals surface area contributed by atoms with Gasteiger partial charge in [0.05, 0.1) is 12.8 Å². The largest absolute Gasteiger partial charge is 0.468 e. The molecule has 102 valence electrons. The number of methoxy groups -OCH3 is 1. The Kier molecular flexibility index (Phi) is 5.85. The third-order valence-corrected chi connectivity index (χ3v) is 2.86. The molecule has 0 radical (unpaired) electrons. The number of ether oxygens (including phenoxy) is 1. The Morgan fingerprint density at radius 1 is 1.56 bits per heavy atom. The minimum atomic E-state index is -0.278. The lowest BCUT2D eigenvalue weighted by Gasteiger charge is -2.20. The Morgan fingerprint density at radius 3 is 2.83 bits per heavy atom. The lowest BCUT2D eigenvalue weighted by molar-refractivity contribution is -0.144. The molecule has 0 bridgehead atoms. The van der Waals surface area contributed by atoms with Crippen molar-refractivity contribution in [2.24, 2.45) is 5.92 Å². The van der Waals surface area contributed by atoms with Crippen molar-refractivity contribution < 1.29 is 9.53 Å². The number of hydrogen-bond donors (Lipinski definition) is 1. The molecule has 0 unspecified atom stereocenters. The third-order valence-electron chi connectivity index (χ3n) is 2.86. The van der Waals surface area contributed by atoms with Crippen LogP contribution in [0.3, 0.4) is 0 Å². The van der Waals surface area contributed by atoms with Crippen molar-refractivity contribution in [3.63, 3.8) is 0 Å². The summed E-state index contributed by atoms with van der Waals surface area (Å²) in [7, 11) is 1.42. The monoisotopic (exact) mass is 253 g/mol. The van der Waals surface area contributed by atoms with Crippen LogP contribution in [0.2, 0.25) is 0 Å². The summed E-state index contributed by atoms with van der Waals surface area (Å²) in [6.07, 6.45) is 2.83. The van der Waals surface area contributed by atoms with Crippen molar-refractivity contribution in [3.05, 3.63) is 18.0 Å². The van der Waals surface area contributed by atoms with E-state index in [2.05, 4.69) is 17.3 Å². The Morgan fingerprint density at radius 2 is 2.28 bits per heavy atom. The highest BCUT2D eigenvalue weighted by atomic mass is 16.5. The Bertz CT molecular complexity index is 374. The molecule has 0 aliphatic rings. The van der Waals surface area contributed by atoms with Gasteiger partial charge in [-0.3, -0.25) is 14.8 Å². The molecule has 0 aliphatic carbocycles. The number of nitrogens with zero attached hydrogens (tertiary/aromatic N) is 2. The smallest absolute Gasteiger partial charge is 0.323 e. The molecule has 1 heterocycles. The molecule has 1 atom stereocenters. The Balaban J connectivity index is 2.61. The SMILES string of the molecule is CCCn1nccc1CN[C@H](C(=O)OC)C(C)C. The number of aryl methyl sites for hydroxylation is 1. The zero-order valence-corrected chi connectivity index (χ0v) is 11.6. The standard InChI is InChI=1S/C13H23N3O2/c1-5-8-16-11(6-7-15-16)9-14-12(10(2)3)13(17)18-4/h6-7,10,12,14H,5,8-9H2,1-4H3/t12-/m0/s1. The number of carbonyl (C=O) groups is 1. The maximum Gasteiger partial charge on any atom is 0.323 e. The average Bonchev–Trinajstić information content (AvgIpc) is 2.77. The van der Waals surface area contributed by atoms with Crippen molar-refractivity contribution in [2.75, 3.05) is 7.11 Å². The van der Waals surface area contributed by atoms with E-state index < -0.39 is 0 Å². The molecular weight excluding hydrogens is 230 g/mol. The van der Waals surface area contributed by atoms with Crippen LogP contribution in [0.5, 0.6) is 0 Å². The van der Waals surface area contributed by atoms with E-state index in [0.717, 1.165) is 18.7 Å². The zero-order chi connectivity index (χ0) is 13.5. The molecule has 0 aliphatic heterocycles. The quantitative estimate of drug-likeness (QED) is 0.750. The van der Waals surface area contributed by atoms with Gasteiger partial charge in [0.15, 0.2) is 0 Å². The summed E-state index contributed by atoms with van der Waals surface area (Å²) in [5.41, 5.74) is 1.09. The molecule has 1 aromatic heterocycles. The highest BCUT2D eigenvalue weighted by Gasteiger charge is 2.22. The van der Waals surface area contributed by atoms with Gasteiger partial charge in [-0.25, -0.2) is 0 Å². The first-order valence-corrected chi connectivity index (χ1v) is 6.42. The van der Waals surface area contributed by atoms with Crippen molar-refractivity contribution in [1.29, 1.82) is 0 Å². The first-order valence-electron chi connectivity index (χ1n) is 6.42. The summed E-state index contributed by atoms with van der Waals surface area (Å²) < 4.78 is 6.76. The van der Waals surface area contributed by atoms with E-state index in [1.54, 1.807) is 6.20 Å². The van der Waals surface area contributed by atoms with Gasteiger partial charge in [0.2, 0.25) is 0 Å². The van der Waals surface area contributed by atoms with Crippen molar-refractivity contribution in [2.45, 2.75) is 46.3 Å². The molecule has 1 rings (SSSR count). The van der Waals surface area contributed by atoms with Crippen LogP contribution in [0.4, 0.5) is 0 Å². The topological polar surface area (TPSA) is 56.2 Å². The predicted molar refractivity (Wildman–Crippen MR) is 70.0 cm³/mol. The summed E-state index contributed by atoms with van der Waals surface area (Å²) in [5.74, 6) is -0.0217. The van der Waals surface area contributed by atoms with Gasteiger partial charge < -0.3 is 4.74 Å². The van der Waals surface area contributed by atoms with Crippen LogP contribution < -0.4 is 5.32 Å². The van der Waals surface area contributed by atoms with E-state index in [9.17, 15) is 4.79 Å². The molecule has 18 heavy (non-hydrogen) atoms. The van der Waals surface area contributed by atoms with E-state index in [1.807, 2.05) is 24.6 Å². The molecule has 0 amide bonds. The number of nitrogens with one attached hydrogen (secondary N) is 1. The number of carbonyl (C=O) groups excluding carboxylic acids is 1. The van der Waals surface area contributed by atoms with E-state index in [0.29, 0.717) is 6.54 Å². The highest BCUT2D eigenvalue weighted by Crippen LogP contribution is 2.06. The molecule has 0 spiro atoms. The van der Waals surface area contributed by atoms with E-state index >= 15 is 0 Å². The van der Waals surface area contributed by atoms with E-state index in [4.69, 9.17) is 4.74 Å². The number of rotatable bonds is 7. The fraction of sp³-hybridized carbons (Fsp3) is 0.692. The highest BCUT2D eigenvalue weighted by molar-refractivity contribution is 5.75. The molecule has 0 aromatic carbocycles. The Hall–Kier alpha value is -1.36. The minimum Gasteiger partial charge on any atom is -0.468 e. The summed E-state index contributed by atoms with van der Waals surface area (Å²) >= 11 is 0. The number of esters is 1. The first kappa shape index (κ1) is 14.7. The second kappa shape index (κ2) is 7.16. The predicted octanol–water partition coefficient (Wildman–Crippen LogP) is 1.58. The van der Waals surface area contributed by atoms with Crippen LogP contribution in [-0.4, -0.2) is 28.9 Å². The number of aromatic nitrogens is 2. The normalized spacial score (nSPS) is 12.7. The minimum absolute atomic E-state index is 0.194. The van der Waals surface area contributed by atoms with Crippen LogP contribution in [0, 0.1) is 5.92 Å². The second-order valence-corrected chi connectivity index (χ2v) is 4.67. The van der Waals surface area contributed by atoms with Gasteiger partial charge in [-0.15, -0.1) is 0 Å². The summed E-state index contributed by atoms with van der Waals surface area (Å²) in [4.78, 5) is 11.6. The lowest BCUT2D eigenvalue weighted by atomic mass is 10.0. The maximum absolute atomic E-state index is 11.6. The molecular formula is C13H23N3O2. The van der Waals surface area contributed by atoms with Gasteiger partial charge in [-0.05, 0) is 18.4 Å². The molecule has 5 nitrogen and oxygen atoms in total. The maximum atomic E-state index is 11.6. The number of hydrogen-bond acceptors (Lipinski definition) is 4. The fourth-order valence-electron chi connectivity index (χ4n) is 1.86. The van der Waals surface area contributed by atoms with Gasteiger partial charge in [0.25, 0.3) is 0 Å². The third kappa shape index (κ3) is 3.84. The molecule has 0 saturated carbocycles. The van der Waals surface area contributed by atoms with Gasteiger partial charge in [-0.1, -0.05) is 20.8 Å². The van der Waals surface area contributed by atoms with Crippen molar-refractivity contribution in [1.82, 2.24) is 15.1 Å². The van der Waals surface area contributed by atoms with Gasteiger partial charge in [0, 0.05) is 19.3 Å². The van der Waals surface area contributed by atoms with Gasteiger partial charge in [-0.2, -0.15) is 5.10 Å².